The molecule has 8 heteroatoms. The Labute approximate surface area is 180 Å². The molecule has 172 valence electrons. The van der Waals surface area contributed by atoms with E-state index in [0.717, 1.165) is 44.6 Å². The highest BCUT2D eigenvalue weighted by Crippen LogP contribution is 2.24. The molecule has 1 aliphatic rings. The molecule has 0 radical (unpaired) electrons. The van der Waals surface area contributed by atoms with Gasteiger partial charge in [0.25, 0.3) is 0 Å². The van der Waals surface area contributed by atoms with Gasteiger partial charge in [-0.2, -0.15) is 0 Å². The molecule has 0 spiro atoms. The molecular formula is C22H38N2O6. The normalized spacial score (nSPS) is 21.8. The Morgan fingerprint density at radius 3 is 2.43 bits per heavy atom. The Kier molecular flexibility index (Phi) is 12.6. The third-order valence-corrected chi connectivity index (χ3v) is 5.54. The predicted molar refractivity (Wildman–Crippen MR) is 114 cm³/mol. The first-order valence-electron chi connectivity index (χ1n) is 11.0. The molecule has 2 N–H and O–H groups in total. The van der Waals surface area contributed by atoms with E-state index in [4.69, 9.17) is 14.2 Å². The zero-order chi connectivity index (χ0) is 22.4. The molecule has 0 aromatic rings. The number of ether oxygens (including phenoxy) is 3. The third-order valence-electron chi connectivity index (χ3n) is 5.54. The lowest BCUT2D eigenvalue weighted by atomic mass is 9.83. The van der Waals surface area contributed by atoms with Crippen LogP contribution >= 0.6 is 0 Å². The van der Waals surface area contributed by atoms with Crippen molar-refractivity contribution in [1.82, 2.24) is 10.6 Å². The fourth-order valence-corrected chi connectivity index (χ4v) is 3.48. The van der Waals surface area contributed by atoms with Crippen molar-refractivity contribution in [3.8, 4) is 0 Å². The third kappa shape index (κ3) is 10.5. The van der Waals surface area contributed by atoms with E-state index in [1.165, 1.54) is 0 Å². The Balaban J connectivity index is 2.34. The lowest BCUT2D eigenvalue weighted by Crippen LogP contribution is -2.49. The molecule has 1 fully saturated rings. The number of unbranched alkanes of at least 4 members (excludes halogenated alkanes) is 1. The van der Waals surface area contributed by atoms with Crippen LogP contribution in [0.3, 0.4) is 0 Å². The van der Waals surface area contributed by atoms with E-state index in [1.54, 1.807) is 0 Å². The maximum atomic E-state index is 12.2. The number of esters is 1. The van der Waals surface area contributed by atoms with E-state index in [0.29, 0.717) is 18.9 Å². The van der Waals surface area contributed by atoms with Gasteiger partial charge in [0.05, 0.1) is 6.61 Å². The molecule has 1 saturated carbocycles. The summed E-state index contributed by atoms with van der Waals surface area (Å²) in [6.07, 6.45) is 6.77. The van der Waals surface area contributed by atoms with Crippen molar-refractivity contribution >= 4 is 18.2 Å². The summed E-state index contributed by atoms with van der Waals surface area (Å²) < 4.78 is 15.2. The topological polar surface area (TPSA) is 103 Å². The van der Waals surface area contributed by atoms with Crippen molar-refractivity contribution in [2.24, 2.45) is 11.8 Å². The molecule has 1 rings (SSSR count). The summed E-state index contributed by atoms with van der Waals surface area (Å²) in [5.74, 6) is 0.108. The second kappa shape index (κ2) is 14.7. The first-order chi connectivity index (χ1) is 14.4. The number of nitrogens with one attached hydrogen (secondary N) is 2. The summed E-state index contributed by atoms with van der Waals surface area (Å²) in [7, 11) is 0. The molecule has 1 aliphatic carbocycles. The summed E-state index contributed by atoms with van der Waals surface area (Å²) in [6, 6.07) is -0.163. The maximum Gasteiger partial charge on any atom is 0.407 e. The van der Waals surface area contributed by atoms with Gasteiger partial charge in [-0.25, -0.2) is 14.4 Å². The minimum atomic E-state index is -0.563. The summed E-state index contributed by atoms with van der Waals surface area (Å²) >= 11 is 0. The molecule has 0 aromatic heterocycles. The number of hydrogen-bond donors (Lipinski definition) is 2. The average Bonchev–Trinajstić information content (AvgIpc) is 2.73. The van der Waals surface area contributed by atoms with Gasteiger partial charge in [-0.05, 0) is 37.5 Å². The molecule has 4 unspecified atom stereocenters. The first kappa shape index (κ1) is 25.8. The van der Waals surface area contributed by atoms with Gasteiger partial charge in [0.1, 0.15) is 13.2 Å². The van der Waals surface area contributed by atoms with Crippen LogP contribution in [0.4, 0.5) is 9.59 Å². The minimum absolute atomic E-state index is 0.0223. The number of amides is 2. The highest BCUT2D eigenvalue weighted by atomic mass is 16.6. The van der Waals surface area contributed by atoms with E-state index in [1.807, 2.05) is 0 Å². The van der Waals surface area contributed by atoms with Gasteiger partial charge in [0.2, 0.25) is 0 Å². The van der Waals surface area contributed by atoms with Crippen LogP contribution < -0.4 is 10.6 Å². The monoisotopic (exact) mass is 426 g/mol. The molecular weight excluding hydrogens is 388 g/mol. The second-order valence-corrected chi connectivity index (χ2v) is 7.90. The van der Waals surface area contributed by atoms with Crippen LogP contribution in [0.1, 0.15) is 65.7 Å². The van der Waals surface area contributed by atoms with Gasteiger partial charge in [0, 0.05) is 18.2 Å². The van der Waals surface area contributed by atoms with Crippen molar-refractivity contribution in [2.75, 3.05) is 19.8 Å². The van der Waals surface area contributed by atoms with E-state index >= 15 is 0 Å². The highest BCUT2D eigenvalue weighted by Gasteiger charge is 2.30. The quantitative estimate of drug-likeness (QED) is 0.212. The Morgan fingerprint density at radius 1 is 1.07 bits per heavy atom. The molecule has 0 saturated heterocycles. The van der Waals surface area contributed by atoms with Crippen molar-refractivity contribution in [3.63, 3.8) is 0 Å². The smallest absolute Gasteiger partial charge is 0.407 e. The zero-order valence-corrected chi connectivity index (χ0v) is 18.6. The van der Waals surface area contributed by atoms with Gasteiger partial charge >= 0.3 is 18.2 Å². The average molecular weight is 427 g/mol. The number of carbonyl (C=O) groups is 3. The maximum absolute atomic E-state index is 12.2. The van der Waals surface area contributed by atoms with E-state index in [9.17, 15) is 14.4 Å². The summed E-state index contributed by atoms with van der Waals surface area (Å²) in [4.78, 5) is 35.1. The van der Waals surface area contributed by atoms with Gasteiger partial charge in [0.15, 0.2) is 0 Å². The molecule has 0 aromatic carbocycles. The lowest BCUT2D eigenvalue weighted by Gasteiger charge is -2.34. The Hall–Kier alpha value is -2.25. The lowest BCUT2D eigenvalue weighted by molar-refractivity contribution is -0.138. The number of hydrogen-bond acceptors (Lipinski definition) is 6. The van der Waals surface area contributed by atoms with Crippen LogP contribution in [0.5, 0.6) is 0 Å². The second-order valence-electron chi connectivity index (χ2n) is 7.90. The number of rotatable bonds is 12. The van der Waals surface area contributed by atoms with Gasteiger partial charge in [-0.15, -0.1) is 0 Å². The molecule has 0 heterocycles. The van der Waals surface area contributed by atoms with Gasteiger partial charge in [-0.3, -0.25) is 0 Å². The van der Waals surface area contributed by atoms with Crippen LogP contribution in [-0.4, -0.2) is 50.1 Å². The van der Waals surface area contributed by atoms with Crippen LogP contribution in [0, 0.1) is 11.8 Å². The Morgan fingerprint density at radius 2 is 1.77 bits per heavy atom. The molecule has 0 aliphatic heterocycles. The minimum Gasteiger partial charge on any atom is -0.459 e. The van der Waals surface area contributed by atoms with Crippen molar-refractivity contribution in [1.29, 1.82) is 0 Å². The van der Waals surface area contributed by atoms with Crippen LogP contribution in [0.25, 0.3) is 0 Å². The summed E-state index contributed by atoms with van der Waals surface area (Å²) in [6.45, 7) is 10.0. The van der Waals surface area contributed by atoms with Crippen LogP contribution in [0.2, 0.25) is 0 Å². The van der Waals surface area contributed by atoms with E-state index in [2.05, 4.69) is 38.0 Å². The van der Waals surface area contributed by atoms with Crippen LogP contribution in [0.15, 0.2) is 12.7 Å². The Bertz CT molecular complexity index is 554. The molecule has 0 bridgehead atoms. The number of carbonyl (C=O) groups excluding carboxylic acids is 3. The molecule has 2 amide bonds. The van der Waals surface area contributed by atoms with Crippen molar-refractivity contribution in [3.05, 3.63) is 12.7 Å². The molecule has 30 heavy (non-hydrogen) atoms. The fraction of sp³-hybridized carbons (Fsp3) is 0.773. The largest absolute Gasteiger partial charge is 0.459 e. The molecule has 8 nitrogen and oxygen atoms in total. The van der Waals surface area contributed by atoms with Crippen molar-refractivity contribution in [2.45, 2.75) is 77.8 Å². The zero-order valence-electron chi connectivity index (χ0n) is 18.6. The van der Waals surface area contributed by atoms with Gasteiger partial charge in [-0.1, -0.05) is 46.6 Å². The summed E-state index contributed by atoms with van der Waals surface area (Å²) in [5.41, 5.74) is 0. The van der Waals surface area contributed by atoms with E-state index < -0.39 is 18.2 Å². The van der Waals surface area contributed by atoms with Crippen molar-refractivity contribution < 1.29 is 28.6 Å². The number of alkyl carbamates (subject to hydrolysis) is 2. The van der Waals surface area contributed by atoms with E-state index in [-0.39, 0.29) is 31.2 Å². The first-order valence-corrected chi connectivity index (χ1v) is 11.0. The fourth-order valence-electron chi connectivity index (χ4n) is 3.48. The van der Waals surface area contributed by atoms with Gasteiger partial charge < -0.3 is 24.8 Å². The molecule has 4 atom stereocenters. The standard InChI is InChI=1S/C22H38N2O6/c1-5-8-9-17(6-2)15-30-21(26)23-18-11-10-16(4)19(14-18)24-22(27)29-13-12-28-20(25)7-3/h7,16-19H,3,5-6,8-15H2,1-2,4H3,(H,23,26)(H,24,27). The predicted octanol–water partition coefficient (Wildman–Crippen LogP) is 3.94. The summed E-state index contributed by atoms with van der Waals surface area (Å²) in [5, 5.41) is 5.77. The highest BCUT2D eigenvalue weighted by molar-refractivity contribution is 5.81. The van der Waals surface area contributed by atoms with Crippen LogP contribution in [-0.2, 0) is 19.0 Å². The SMILES string of the molecule is C=CC(=O)OCCOC(=O)NC1CC(NC(=O)OCC(CC)CCCC)CCC1C.